The molecule has 0 fully saturated rings. The Kier molecular flexibility index (Phi) is 3.21. The van der Waals surface area contributed by atoms with Crippen molar-refractivity contribution in [2.45, 2.75) is 26.2 Å². The minimum absolute atomic E-state index is 0.234. The van der Waals surface area contributed by atoms with Crippen LogP contribution in [0, 0.1) is 0 Å². The van der Waals surface area contributed by atoms with Gasteiger partial charge in [-0.3, -0.25) is 9.36 Å². The highest BCUT2D eigenvalue weighted by molar-refractivity contribution is 5.68. The molecule has 0 aliphatic rings. The molecule has 0 aromatic carbocycles. The largest absolute Gasteiger partial charge is 0.389 e. The van der Waals surface area contributed by atoms with Gasteiger partial charge in [-0.25, -0.2) is 9.97 Å². The molecule has 2 rings (SSSR count). The Morgan fingerprint density at radius 1 is 1.59 bits per heavy atom. The van der Waals surface area contributed by atoms with Crippen molar-refractivity contribution in [1.82, 2.24) is 19.5 Å². The highest BCUT2D eigenvalue weighted by atomic mass is 16.5. The summed E-state index contributed by atoms with van der Waals surface area (Å²) in [7, 11) is 0. The zero-order valence-corrected chi connectivity index (χ0v) is 9.62. The molecule has 2 N–H and O–H groups in total. The van der Waals surface area contributed by atoms with Gasteiger partial charge in [0.1, 0.15) is 0 Å². The first-order chi connectivity index (χ1) is 8.15. The summed E-state index contributed by atoms with van der Waals surface area (Å²) in [6.07, 6.45) is 1.42. The molecule has 0 spiro atoms. The Hall–Kier alpha value is -1.73. The average Bonchev–Trinajstić information content (AvgIpc) is 2.70. The summed E-state index contributed by atoms with van der Waals surface area (Å²) >= 11 is 0. The number of imidazole rings is 1. The molecule has 2 unspecified atom stereocenters. The topological polar surface area (TPSA) is 93.0 Å². The molecule has 0 aliphatic carbocycles. The SMILES string of the molecule is CCOC(C(C)O)n1cnc2c(=O)[nH]cnc21. The average molecular weight is 238 g/mol. The normalized spacial score (nSPS) is 15.0. The van der Waals surface area contributed by atoms with Crippen molar-refractivity contribution < 1.29 is 9.84 Å². The van der Waals surface area contributed by atoms with E-state index in [4.69, 9.17) is 4.74 Å². The number of aliphatic hydroxyl groups excluding tert-OH is 1. The lowest BCUT2D eigenvalue weighted by molar-refractivity contribution is -0.0677. The summed E-state index contributed by atoms with van der Waals surface area (Å²) < 4.78 is 6.97. The molecule has 17 heavy (non-hydrogen) atoms. The molecule has 0 radical (unpaired) electrons. The first-order valence-corrected chi connectivity index (χ1v) is 5.35. The fourth-order valence-corrected chi connectivity index (χ4v) is 1.67. The van der Waals surface area contributed by atoms with Gasteiger partial charge in [0.2, 0.25) is 0 Å². The van der Waals surface area contributed by atoms with Crippen LogP contribution in [0.1, 0.15) is 20.1 Å². The molecule has 2 atom stereocenters. The van der Waals surface area contributed by atoms with Crippen LogP contribution in [0.4, 0.5) is 0 Å². The molecule has 2 aromatic rings. The molecule has 0 saturated carbocycles. The van der Waals surface area contributed by atoms with Crippen molar-refractivity contribution in [1.29, 1.82) is 0 Å². The Morgan fingerprint density at radius 2 is 2.35 bits per heavy atom. The molecule has 92 valence electrons. The van der Waals surface area contributed by atoms with E-state index in [1.54, 1.807) is 11.5 Å². The zero-order chi connectivity index (χ0) is 12.4. The van der Waals surface area contributed by atoms with Gasteiger partial charge >= 0.3 is 0 Å². The van der Waals surface area contributed by atoms with E-state index in [-0.39, 0.29) is 11.1 Å². The third-order valence-corrected chi connectivity index (χ3v) is 2.39. The Morgan fingerprint density at radius 3 is 3.00 bits per heavy atom. The number of nitrogens with one attached hydrogen (secondary N) is 1. The summed E-state index contributed by atoms with van der Waals surface area (Å²) in [5.74, 6) is 0. The van der Waals surface area contributed by atoms with Crippen LogP contribution in [0.25, 0.3) is 11.2 Å². The minimum atomic E-state index is -0.728. The lowest BCUT2D eigenvalue weighted by Crippen LogP contribution is -2.24. The number of fused-ring (bicyclic) bond motifs is 1. The van der Waals surface area contributed by atoms with E-state index in [1.807, 2.05) is 6.92 Å². The molecule has 2 heterocycles. The number of hydrogen-bond acceptors (Lipinski definition) is 5. The van der Waals surface area contributed by atoms with Gasteiger partial charge in [-0.1, -0.05) is 0 Å². The van der Waals surface area contributed by atoms with Crippen molar-refractivity contribution in [3.63, 3.8) is 0 Å². The van der Waals surface area contributed by atoms with Crippen LogP contribution in [0.5, 0.6) is 0 Å². The Balaban J connectivity index is 2.54. The van der Waals surface area contributed by atoms with E-state index >= 15 is 0 Å². The zero-order valence-electron chi connectivity index (χ0n) is 9.62. The van der Waals surface area contributed by atoms with Gasteiger partial charge in [0.15, 0.2) is 17.4 Å². The van der Waals surface area contributed by atoms with E-state index in [0.29, 0.717) is 12.3 Å². The van der Waals surface area contributed by atoms with Crippen LogP contribution in [0.3, 0.4) is 0 Å². The first kappa shape index (κ1) is 11.7. The van der Waals surface area contributed by atoms with Gasteiger partial charge in [-0.15, -0.1) is 0 Å². The van der Waals surface area contributed by atoms with Crippen LogP contribution >= 0.6 is 0 Å². The maximum absolute atomic E-state index is 11.5. The predicted octanol–water partition coefficient (Wildman–Crippen LogP) is 0.0355. The second-order valence-corrected chi connectivity index (χ2v) is 3.64. The van der Waals surface area contributed by atoms with E-state index in [2.05, 4.69) is 15.0 Å². The quantitative estimate of drug-likeness (QED) is 0.784. The standard InChI is InChI=1S/C10H14N4O3/c1-3-17-10(6(2)15)14-5-13-7-8(14)11-4-12-9(7)16/h4-6,10,15H,3H2,1-2H3,(H,11,12,16). The van der Waals surface area contributed by atoms with Crippen molar-refractivity contribution >= 4 is 11.2 Å². The maximum Gasteiger partial charge on any atom is 0.278 e. The summed E-state index contributed by atoms with van der Waals surface area (Å²) in [5, 5.41) is 9.66. The number of ether oxygens (including phenoxy) is 1. The van der Waals surface area contributed by atoms with Crippen molar-refractivity contribution in [2.24, 2.45) is 0 Å². The summed E-state index contributed by atoms with van der Waals surface area (Å²) in [4.78, 5) is 21.9. The number of rotatable bonds is 4. The number of nitrogens with zero attached hydrogens (tertiary/aromatic N) is 3. The lowest BCUT2D eigenvalue weighted by Gasteiger charge is -2.21. The molecule has 0 bridgehead atoms. The molecule has 7 heteroatoms. The van der Waals surface area contributed by atoms with Crippen LogP contribution < -0.4 is 5.56 Å². The smallest absolute Gasteiger partial charge is 0.278 e. The highest BCUT2D eigenvalue weighted by Crippen LogP contribution is 2.17. The van der Waals surface area contributed by atoms with Gasteiger partial charge in [-0.2, -0.15) is 0 Å². The van der Waals surface area contributed by atoms with E-state index < -0.39 is 12.3 Å². The Labute approximate surface area is 97.1 Å². The molecular weight excluding hydrogens is 224 g/mol. The van der Waals surface area contributed by atoms with Crippen molar-refractivity contribution in [2.75, 3.05) is 6.61 Å². The van der Waals surface area contributed by atoms with E-state index in [0.717, 1.165) is 0 Å². The number of H-pyrrole nitrogens is 1. The molecule has 0 amide bonds. The summed E-state index contributed by atoms with van der Waals surface area (Å²) in [6, 6.07) is 0. The van der Waals surface area contributed by atoms with Gasteiger partial charge < -0.3 is 14.8 Å². The second kappa shape index (κ2) is 4.64. The highest BCUT2D eigenvalue weighted by Gasteiger charge is 2.20. The maximum atomic E-state index is 11.5. The van der Waals surface area contributed by atoms with Gasteiger partial charge in [0.05, 0.1) is 18.8 Å². The first-order valence-electron chi connectivity index (χ1n) is 5.35. The lowest BCUT2D eigenvalue weighted by atomic mass is 10.3. The molecule has 7 nitrogen and oxygen atoms in total. The monoisotopic (exact) mass is 238 g/mol. The van der Waals surface area contributed by atoms with Gasteiger partial charge in [-0.05, 0) is 13.8 Å². The summed E-state index contributed by atoms with van der Waals surface area (Å²) in [6.45, 7) is 3.88. The fourth-order valence-electron chi connectivity index (χ4n) is 1.67. The second-order valence-electron chi connectivity index (χ2n) is 3.64. The van der Waals surface area contributed by atoms with E-state index in [9.17, 15) is 9.90 Å². The number of aromatic amines is 1. The molecule has 0 saturated heterocycles. The third kappa shape index (κ3) is 2.06. The van der Waals surface area contributed by atoms with Crippen molar-refractivity contribution in [3.8, 4) is 0 Å². The van der Waals surface area contributed by atoms with Gasteiger partial charge in [0, 0.05) is 6.61 Å². The molecule has 2 aromatic heterocycles. The van der Waals surface area contributed by atoms with Crippen molar-refractivity contribution in [3.05, 3.63) is 23.0 Å². The predicted molar refractivity (Wildman–Crippen MR) is 60.5 cm³/mol. The molecular formula is C10H14N4O3. The van der Waals surface area contributed by atoms with Gasteiger partial charge in [0.25, 0.3) is 5.56 Å². The van der Waals surface area contributed by atoms with Crippen LogP contribution in [-0.4, -0.2) is 37.3 Å². The van der Waals surface area contributed by atoms with E-state index in [1.165, 1.54) is 12.7 Å². The molecule has 0 aliphatic heterocycles. The van der Waals surface area contributed by atoms with Crippen LogP contribution in [0.2, 0.25) is 0 Å². The third-order valence-electron chi connectivity index (χ3n) is 2.39. The Bertz CT molecular complexity index is 560. The summed E-state index contributed by atoms with van der Waals surface area (Å²) in [5.41, 5.74) is 0.320. The number of hydrogen-bond donors (Lipinski definition) is 2. The van der Waals surface area contributed by atoms with Crippen LogP contribution in [-0.2, 0) is 4.74 Å². The minimum Gasteiger partial charge on any atom is -0.389 e. The van der Waals surface area contributed by atoms with Crippen LogP contribution in [0.15, 0.2) is 17.4 Å². The number of aromatic nitrogens is 4. The fraction of sp³-hybridized carbons (Fsp3) is 0.500. The number of aliphatic hydroxyl groups is 1.